The SMILES string of the molecule is Cc1nc2nc(C(F)(F)F)nn2c(C)c1CCC(=O)N1CCC[C@@H]1c1nc2ccccc2s1. The Hall–Kier alpha value is -3.08. The minimum atomic E-state index is -4.64. The van der Waals surface area contributed by atoms with E-state index in [1.807, 2.05) is 29.2 Å². The summed E-state index contributed by atoms with van der Waals surface area (Å²) in [6, 6.07) is 7.89. The number of hydrogen-bond donors (Lipinski definition) is 0. The fraction of sp³-hybridized carbons (Fsp3) is 0.409. The van der Waals surface area contributed by atoms with Crippen molar-refractivity contribution < 1.29 is 18.0 Å². The molecule has 3 aromatic heterocycles. The molecular formula is C22H21F3N6OS. The number of likely N-dealkylation sites (tertiary alicyclic amines) is 1. The number of benzene rings is 1. The number of hydrogen-bond acceptors (Lipinski definition) is 6. The number of nitrogens with zero attached hydrogens (tertiary/aromatic N) is 6. The van der Waals surface area contributed by atoms with Gasteiger partial charge in [0.05, 0.1) is 16.3 Å². The zero-order valence-corrected chi connectivity index (χ0v) is 18.9. The van der Waals surface area contributed by atoms with E-state index in [4.69, 9.17) is 4.98 Å². The Balaban J connectivity index is 1.36. The van der Waals surface area contributed by atoms with Crippen LogP contribution in [0.3, 0.4) is 0 Å². The lowest BCUT2D eigenvalue weighted by molar-refractivity contribution is -0.144. The van der Waals surface area contributed by atoms with Crippen LogP contribution in [0.2, 0.25) is 0 Å². The van der Waals surface area contributed by atoms with Crippen molar-refractivity contribution in [2.75, 3.05) is 6.54 Å². The number of carbonyl (C=O) groups excluding carboxylic acids is 1. The standard InChI is InChI=1S/C22H21F3N6OS/c1-12-14(13(2)31-21(26-12)28-20(29-31)22(23,24)25)9-10-18(32)30-11-5-7-16(30)19-27-15-6-3-4-8-17(15)33-19/h3-4,6,8,16H,5,7,9-11H2,1-2H3/t16-/m1/s1. The Bertz CT molecular complexity index is 1330. The molecule has 1 amide bonds. The van der Waals surface area contributed by atoms with Crippen molar-refractivity contribution >= 4 is 33.2 Å². The van der Waals surface area contributed by atoms with Crippen molar-refractivity contribution in [1.29, 1.82) is 0 Å². The van der Waals surface area contributed by atoms with E-state index >= 15 is 0 Å². The number of fused-ring (bicyclic) bond motifs is 2. The second-order valence-electron chi connectivity index (χ2n) is 8.17. The van der Waals surface area contributed by atoms with E-state index in [1.54, 1.807) is 25.2 Å². The highest BCUT2D eigenvalue weighted by Crippen LogP contribution is 2.37. The van der Waals surface area contributed by atoms with E-state index in [0.717, 1.165) is 32.6 Å². The van der Waals surface area contributed by atoms with Gasteiger partial charge in [0.1, 0.15) is 5.01 Å². The van der Waals surface area contributed by atoms with Crippen LogP contribution in [0.25, 0.3) is 16.0 Å². The maximum absolute atomic E-state index is 13.1. The molecule has 0 bridgehead atoms. The highest BCUT2D eigenvalue weighted by atomic mass is 32.1. The zero-order valence-electron chi connectivity index (χ0n) is 18.1. The molecule has 1 fully saturated rings. The summed E-state index contributed by atoms with van der Waals surface area (Å²) in [7, 11) is 0. The third-order valence-corrected chi connectivity index (χ3v) is 7.20. The largest absolute Gasteiger partial charge is 0.453 e. The quantitative estimate of drug-likeness (QED) is 0.430. The monoisotopic (exact) mass is 474 g/mol. The molecule has 0 unspecified atom stereocenters. The van der Waals surface area contributed by atoms with Gasteiger partial charge in [-0.05, 0) is 50.8 Å². The lowest BCUT2D eigenvalue weighted by Crippen LogP contribution is -2.30. The molecule has 1 aromatic carbocycles. The summed E-state index contributed by atoms with van der Waals surface area (Å²) >= 11 is 1.62. The Labute approximate surface area is 191 Å². The summed E-state index contributed by atoms with van der Waals surface area (Å²) in [5.41, 5.74) is 2.72. The molecule has 0 N–H and O–H groups in total. The van der Waals surface area contributed by atoms with E-state index in [2.05, 4.69) is 15.1 Å². The van der Waals surface area contributed by atoms with Gasteiger partial charge in [0.25, 0.3) is 11.6 Å². The van der Waals surface area contributed by atoms with Crippen LogP contribution in [-0.2, 0) is 17.4 Å². The fourth-order valence-corrected chi connectivity index (χ4v) is 5.54. The molecule has 0 spiro atoms. The molecular weight excluding hydrogens is 453 g/mol. The van der Waals surface area contributed by atoms with Crippen LogP contribution in [0.15, 0.2) is 24.3 Å². The van der Waals surface area contributed by atoms with E-state index in [-0.39, 0.29) is 24.1 Å². The summed E-state index contributed by atoms with van der Waals surface area (Å²) < 4.78 is 41.2. The smallest absolute Gasteiger partial charge is 0.333 e. The molecule has 33 heavy (non-hydrogen) atoms. The van der Waals surface area contributed by atoms with Gasteiger partial charge in [0, 0.05) is 24.4 Å². The van der Waals surface area contributed by atoms with Gasteiger partial charge >= 0.3 is 6.18 Å². The topological polar surface area (TPSA) is 76.3 Å². The first-order valence-corrected chi connectivity index (χ1v) is 11.5. The molecule has 0 saturated carbocycles. The van der Waals surface area contributed by atoms with E-state index in [0.29, 0.717) is 29.9 Å². The lowest BCUT2D eigenvalue weighted by atomic mass is 10.1. The number of alkyl halides is 3. The molecule has 1 atom stereocenters. The Morgan fingerprint density at radius 3 is 2.73 bits per heavy atom. The normalized spacial score (nSPS) is 16.9. The number of halogens is 3. The molecule has 4 aromatic rings. The maximum Gasteiger partial charge on any atom is 0.453 e. The summed E-state index contributed by atoms with van der Waals surface area (Å²) in [4.78, 5) is 27.4. The molecule has 0 radical (unpaired) electrons. The number of rotatable bonds is 4. The van der Waals surface area contributed by atoms with Gasteiger partial charge in [-0.15, -0.1) is 16.4 Å². The highest BCUT2D eigenvalue weighted by Gasteiger charge is 2.37. The average molecular weight is 475 g/mol. The molecule has 7 nitrogen and oxygen atoms in total. The number of aryl methyl sites for hydroxylation is 2. The summed E-state index contributed by atoms with van der Waals surface area (Å²) in [5, 5.41) is 4.52. The Morgan fingerprint density at radius 2 is 1.97 bits per heavy atom. The van der Waals surface area contributed by atoms with Crippen LogP contribution >= 0.6 is 11.3 Å². The first kappa shape index (κ1) is 21.7. The van der Waals surface area contributed by atoms with E-state index < -0.39 is 12.0 Å². The highest BCUT2D eigenvalue weighted by molar-refractivity contribution is 7.18. The van der Waals surface area contributed by atoms with Crippen molar-refractivity contribution in [2.24, 2.45) is 0 Å². The Kier molecular flexibility index (Phi) is 5.31. The van der Waals surface area contributed by atoms with Gasteiger partial charge in [-0.3, -0.25) is 4.79 Å². The number of thiazole rings is 1. The summed E-state index contributed by atoms with van der Waals surface area (Å²) in [6.07, 6.45) is -2.26. The van der Waals surface area contributed by atoms with Crippen LogP contribution < -0.4 is 0 Å². The van der Waals surface area contributed by atoms with Gasteiger partial charge in [0.15, 0.2) is 0 Å². The van der Waals surface area contributed by atoms with Crippen molar-refractivity contribution in [1.82, 2.24) is 29.5 Å². The predicted molar refractivity (Wildman–Crippen MR) is 117 cm³/mol. The van der Waals surface area contributed by atoms with Crippen molar-refractivity contribution in [3.63, 3.8) is 0 Å². The van der Waals surface area contributed by atoms with Gasteiger partial charge < -0.3 is 4.90 Å². The molecule has 1 aliphatic rings. The van der Waals surface area contributed by atoms with Crippen LogP contribution in [0.1, 0.15) is 53.1 Å². The predicted octanol–water partition coefficient (Wildman–Crippen LogP) is 4.67. The van der Waals surface area contributed by atoms with Crippen LogP contribution in [0.5, 0.6) is 0 Å². The summed E-state index contributed by atoms with van der Waals surface area (Å²) in [6.45, 7) is 4.07. The fourth-order valence-electron chi connectivity index (χ4n) is 4.42. The van der Waals surface area contributed by atoms with E-state index in [1.165, 1.54) is 0 Å². The van der Waals surface area contributed by atoms with Crippen LogP contribution in [-0.4, -0.2) is 41.9 Å². The van der Waals surface area contributed by atoms with Gasteiger partial charge in [-0.1, -0.05) is 12.1 Å². The van der Waals surface area contributed by atoms with Crippen molar-refractivity contribution in [3.8, 4) is 0 Å². The number of carbonyl (C=O) groups is 1. The molecule has 172 valence electrons. The molecule has 11 heteroatoms. The minimum absolute atomic E-state index is 0.00484. The van der Waals surface area contributed by atoms with Crippen LogP contribution in [0, 0.1) is 13.8 Å². The van der Waals surface area contributed by atoms with Crippen molar-refractivity contribution in [3.05, 3.63) is 52.0 Å². The second kappa shape index (κ2) is 8.05. The van der Waals surface area contributed by atoms with Gasteiger partial charge in [-0.2, -0.15) is 18.2 Å². The first-order chi connectivity index (χ1) is 15.7. The minimum Gasteiger partial charge on any atom is -0.333 e. The maximum atomic E-state index is 13.1. The molecule has 5 rings (SSSR count). The number of para-hydroxylation sites is 1. The number of amides is 1. The molecule has 0 aliphatic carbocycles. The lowest BCUT2D eigenvalue weighted by Gasteiger charge is -2.23. The third-order valence-electron chi connectivity index (χ3n) is 6.06. The van der Waals surface area contributed by atoms with Gasteiger partial charge in [0.2, 0.25) is 5.91 Å². The van der Waals surface area contributed by atoms with Crippen LogP contribution in [0.4, 0.5) is 13.2 Å². The first-order valence-electron chi connectivity index (χ1n) is 10.7. The third kappa shape index (κ3) is 3.94. The van der Waals surface area contributed by atoms with Gasteiger partial charge in [-0.25, -0.2) is 14.5 Å². The molecule has 1 saturated heterocycles. The zero-order chi connectivity index (χ0) is 23.3. The summed E-state index contributed by atoms with van der Waals surface area (Å²) in [5.74, 6) is -1.31. The molecule has 1 aliphatic heterocycles. The van der Waals surface area contributed by atoms with E-state index in [9.17, 15) is 18.0 Å². The van der Waals surface area contributed by atoms with Crippen molar-refractivity contribution in [2.45, 2.75) is 51.7 Å². The Morgan fingerprint density at radius 1 is 1.18 bits per heavy atom. The average Bonchev–Trinajstić information content (AvgIpc) is 3.49. The molecule has 4 heterocycles. The number of aromatic nitrogens is 5. The second-order valence-corrected chi connectivity index (χ2v) is 9.23.